The molecule has 0 bridgehead atoms. The van der Waals surface area contributed by atoms with Crippen LogP contribution in [0.1, 0.15) is 37.4 Å². The van der Waals surface area contributed by atoms with Crippen LogP contribution in [0.3, 0.4) is 0 Å². The number of halogens is 1. The third-order valence-electron chi connectivity index (χ3n) is 4.77. The maximum atomic E-state index is 12.9. The number of aliphatic hydroxyl groups is 1. The van der Waals surface area contributed by atoms with Crippen molar-refractivity contribution in [2.45, 2.75) is 32.4 Å². The Bertz CT molecular complexity index is 906. The average molecular weight is 414 g/mol. The molecule has 2 aromatic rings. The van der Waals surface area contributed by atoms with Gasteiger partial charge in [0, 0.05) is 23.7 Å². The van der Waals surface area contributed by atoms with Gasteiger partial charge in [-0.25, -0.2) is 0 Å². The lowest BCUT2D eigenvalue weighted by Crippen LogP contribution is -2.31. The molecule has 1 fully saturated rings. The number of nitrogens with zero attached hydrogens (tertiary/aromatic N) is 1. The summed E-state index contributed by atoms with van der Waals surface area (Å²) in [6.45, 7) is 4.71. The summed E-state index contributed by atoms with van der Waals surface area (Å²) in [7, 11) is 0. The number of amides is 1. The fourth-order valence-corrected chi connectivity index (χ4v) is 3.53. The van der Waals surface area contributed by atoms with Crippen molar-refractivity contribution in [3.63, 3.8) is 0 Å². The van der Waals surface area contributed by atoms with Crippen molar-refractivity contribution >= 4 is 29.1 Å². The minimum Gasteiger partial charge on any atom is -0.507 e. The van der Waals surface area contributed by atoms with E-state index in [0.29, 0.717) is 30.2 Å². The second kappa shape index (κ2) is 9.25. The Hall–Kier alpha value is -2.63. The van der Waals surface area contributed by atoms with Crippen molar-refractivity contribution in [1.29, 1.82) is 0 Å². The smallest absolute Gasteiger partial charge is 0.295 e. The molecule has 1 aliphatic heterocycles. The van der Waals surface area contributed by atoms with Gasteiger partial charge in [0.15, 0.2) is 0 Å². The second-order valence-corrected chi connectivity index (χ2v) is 7.62. The summed E-state index contributed by atoms with van der Waals surface area (Å²) >= 11 is 6.01. The molecule has 0 aromatic heterocycles. The SMILES string of the molecule is CC(C)OCCCN1C(=O)C(=O)C(=C(O)c2ccccc2)[C@H]1c1ccc(Cl)cc1. The maximum absolute atomic E-state index is 12.9. The van der Waals surface area contributed by atoms with Crippen molar-refractivity contribution in [2.24, 2.45) is 0 Å². The molecule has 3 rings (SSSR count). The first kappa shape index (κ1) is 21.1. The number of ketones is 1. The van der Waals surface area contributed by atoms with E-state index in [1.165, 1.54) is 4.90 Å². The third-order valence-corrected chi connectivity index (χ3v) is 5.02. The van der Waals surface area contributed by atoms with Gasteiger partial charge < -0.3 is 14.7 Å². The highest BCUT2D eigenvalue weighted by Gasteiger charge is 2.45. The van der Waals surface area contributed by atoms with Crippen LogP contribution in [0, 0.1) is 0 Å². The van der Waals surface area contributed by atoms with E-state index >= 15 is 0 Å². The molecule has 2 aromatic carbocycles. The molecular weight excluding hydrogens is 390 g/mol. The van der Waals surface area contributed by atoms with Crippen LogP contribution in [-0.4, -0.2) is 41.0 Å². The van der Waals surface area contributed by atoms with Gasteiger partial charge >= 0.3 is 0 Å². The number of hydrogen-bond donors (Lipinski definition) is 1. The Labute approximate surface area is 175 Å². The summed E-state index contributed by atoms with van der Waals surface area (Å²) in [6, 6.07) is 15.1. The van der Waals surface area contributed by atoms with Gasteiger partial charge in [0.1, 0.15) is 5.76 Å². The number of aliphatic hydroxyl groups excluding tert-OH is 1. The highest BCUT2D eigenvalue weighted by molar-refractivity contribution is 6.46. The highest BCUT2D eigenvalue weighted by Crippen LogP contribution is 2.39. The minimum atomic E-state index is -0.684. The number of benzene rings is 2. The maximum Gasteiger partial charge on any atom is 0.295 e. The van der Waals surface area contributed by atoms with Crippen LogP contribution >= 0.6 is 11.6 Å². The first-order valence-electron chi connectivity index (χ1n) is 9.61. The molecule has 1 saturated heterocycles. The second-order valence-electron chi connectivity index (χ2n) is 7.18. The lowest BCUT2D eigenvalue weighted by Gasteiger charge is -2.25. The fourth-order valence-electron chi connectivity index (χ4n) is 3.41. The van der Waals surface area contributed by atoms with Gasteiger partial charge in [-0.1, -0.05) is 54.1 Å². The Morgan fingerprint density at radius 2 is 1.76 bits per heavy atom. The van der Waals surface area contributed by atoms with Gasteiger partial charge in [-0.3, -0.25) is 9.59 Å². The molecule has 1 amide bonds. The van der Waals surface area contributed by atoms with E-state index in [1.807, 2.05) is 19.9 Å². The zero-order valence-electron chi connectivity index (χ0n) is 16.5. The molecular formula is C23H24ClNO4. The fraction of sp³-hybridized carbons (Fsp3) is 0.304. The largest absolute Gasteiger partial charge is 0.507 e. The molecule has 1 atom stereocenters. The van der Waals surface area contributed by atoms with Crippen molar-refractivity contribution in [3.05, 3.63) is 76.3 Å². The topological polar surface area (TPSA) is 66.8 Å². The summed E-state index contributed by atoms with van der Waals surface area (Å²) < 4.78 is 5.56. The lowest BCUT2D eigenvalue weighted by atomic mass is 9.95. The van der Waals surface area contributed by atoms with E-state index in [4.69, 9.17) is 16.3 Å². The Morgan fingerprint density at radius 1 is 1.10 bits per heavy atom. The van der Waals surface area contributed by atoms with Crippen LogP contribution in [0.4, 0.5) is 0 Å². The summed E-state index contributed by atoms with van der Waals surface area (Å²) in [4.78, 5) is 27.2. The first-order valence-corrected chi connectivity index (χ1v) is 9.99. The van der Waals surface area contributed by atoms with Gasteiger partial charge in [0.05, 0.1) is 17.7 Å². The first-order chi connectivity index (χ1) is 13.9. The molecule has 1 N–H and O–H groups in total. The molecule has 29 heavy (non-hydrogen) atoms. The van der Waals surface area contributed by atoms with E-state index in [-0.39, 0.29) is 17.4 Å². The van der Waals surface area contributed by atoms with Gasteiger partial charge in [-0.15, -0.1) is 0 Å². The van der Waals surface area contributed by atoms with Crippen LogP contribution in [0.2, 0.25) is 5.02 Å². The zero-order valence-corrected chi connectivity index (χ0v) is 17.2. The Kier molecular flexibility index (Phi) is 6.72. The van der Waals surface area contributed by atoms with E-state index in [2.05, 4.69) is 0 Å². The van der Waals surface area contributed by atoms with Gasteiger partial charge in [-0.05, 0) is 38.0 Å². The predicted octanol–water partition coefficient (Wildman–Crippen LogP) is 4.58. The van der Waals surface area contributed by atoms with Gasteiger partial charge in [-0.2, -0.15) is 0 Å². The Balaban J connectivity index is 2.00. The van der Waals surface area contributed by atoms with Crippen LogP contribution < -0.4 is 0 Å². The molecule has 0 radical (unpaired) electrons. The number of ether oxygens (including phenoxy) is 1. The predicted molar refractivity (Wildman–Crippen MR) is 113 cm³/mol. The van der Waals surface area contributed by atoms with Crippen molar-refractivity contribution in [3.8, 4) is 0 Å². The van der Waals surface area contributed by atoms with E-state index in [9.17, 15) is 14.7 Å². The number of Topliss-reactive ketones (excluding diaryl/α,β-unsaturated/α-hetero) is 1. The highest BCUT2D eigenvalue weighted by atomic mass is 35.5. The third kappa shape index (κ3) is 4.69. The van der Waals surface area contributed by atoms with Crippen LogP contribution in [-0.2, 0) is 14.3 Å². The van der Waals surface area contributed by atoms with Crippen molar-refractivity contribution in [1.82, 2.24) is 4.90 Å². The monoisotopic (exact) mass is 413 g/mol. The molecule has 0 unspecified atom stereocenters. The van der Waals surface area contributed by atoms with Crippen LogP contribution in [0.5, 0.6) is 0 Å². The lowest BCUT2D eigenvalue weighted by molar-refractivity contribution is -0.140. The van der Waals surface area contributed by atoms with Gasteiger partial charge in [0.25, 0.3) is 11.7 Å². The normalized spacial score (nSPS) is 18.6. The number of carbonyl (C=O) groups is 2. The summed E-state index contributed by atoms with van der Waals surface area (Å²) in [5, 5.41) is 11.4. The molecule has 152 valence electrons. The molecule has 0 spiro atoms. The summed E-state index contributed by atoms with van der Waals surface area (Å²) in [6.07, 6.45) is 0.677. The summed E-state index contributed by atoms with van der Waals surface area (Å²) in [5.74, 6) is -1.48. The van der Waals surface area contributed by atoms with Crippen molar-refractivity contribution < 1.29 is 19.4 Å². The molecule has 0 saturated carbocycles. The average Bonchev–Trinajstić information content (AvgIpc) is 2.96. The number of carbonyl (C=O) groups excluding carboxylic acids is 2. The van der Waals surface area contributed by atoms with Gasteiger partial charge in [0.2, 0.25) is 0 Å². The van der Waals surface area contributed by atoms with E-state index in [1.54, 1.807) is 48.5 Å². The zero-order chi connectivity index (χ0) is 21.0. The van der Waals surface area contributed by atoms with Crippen molar-refractivity contribution in [2.75, 3.05) is 13.2 Å². The summed E-state index contributed by atoms with van der Waals surface area (Å²) in [5.41, 5.74) is 1.30. The molecule has 0 aliphatic carbocycles. The van der Waals surface area contributed by atoms with Crippen LogP contribution in [0.15, 0.2) is 60.2 Å². The molecule has 1 heterocycles. The standard InChI is InChI=1S/C23H24ClNO4/c1-15(2)29-14-6-13-25-20(16-9-11-18(24)12-10-16)19(22(27)23(25)28)21(26)17-7-4-3-5-8-17/h3-5,7-12,15,20,26H,6,13-14H2,1-2H3/t20-/m1/s1. The number of likely N-dealkylation sites (tertiary alicyclic amines) is 1. The van der Waals surface area contributed by atoms with E-state index in [0.717, 1.165) is 5.56 Å². The minimum absolute atomic E-state index is 0.0910. The Morgan fingerprint density at radius 3 is 2.38 bits per heavy atom. The van der Waals surface area contributed by atoms with Crippen LogP contribution in [0.25, 0.3) is 5.76 Å². The molecule has 1 aliphatic rings. The number of hydrogen-bond acceptors (Lipinski definition) is 4. The molecule has 6 heteroatoms. The number of rotatable bonds is 7. The quantitative estimate of drug-likeness (QED) is 0.312. The molecule has 5 nitrogen and oxygen atoms in total. The van der Waals surface area contributed by atoms with E-state index < -0.39 is 17.7 Å².